The maximum absolute atomic E-state index is 10.3. The summed E-state index contributed by atoms with van der Waals surface area (Å²) in [5, 5.41) is 37.0. The van der Waals surface area contributed by atoms with E-state index in [0.29, 0.717) is 20.9 Å². The van der Waals surface area contributed by atoms with Gasteiger partial charge in [-0.05, 0) is 73.9 Å². The number of alkyl halides is 1. The van der Waals surface area contributed by atoms with Crippen molar-refractivity contribution < 1.29 is 24.8 Å². The summed E-state index contributed by atoms with van der Waals surface area (Å²) in [5.41, 5.74) is 2.38. The van der Waals surface area contributed by atoms with Crippen molar-refractivity contribution >= 4 is 50.1 Å². The summed E-state index contributed by atoms with van der Waals surface area (Å²) in [6.45, 7) is 4.51. The second-order valence-corrected chi connectivity index (χ2v) is 10.7. The van der Waals surface area contributed by atoms with Gasteiger partial charge in [0, 0.05) is 5.41 Å². The van der Waals surface area contributed by atoms with Crippen LogP contribution in [-0.4, -0.2) is 61.6 Å². The summed E-state index contributed by atoms with van der Waals surface area (Å²) in [4.78, 5) is 0. The average molecular weight is 677 g/mol. The van der Waals surface area contributed by atoms with E-state index in [9.17, 15) is 15.3 Å². The molecule has 11 heteroatoms. The monoisotopic (exact) mass is 675 g/mol. The Hall–Kier alpha value is -1.44. The van der Waals surface area contributed by atoms with Crippen molar-refractivity contribution in [3.63, 3.8) is 0 Å². The molecule has 0 saturated carbocycles. The second kappa shape index (κ2) is 12.7. The molecule has 3 aromatic rings. The highest BCUT2D eigenvalue weighted by Crippen LogP contribution is 2.36. The van der Waals surface area contributed by atoms with Gasteiger partial charge in [-0.3, -0.25) is 0 Å². The van der Waals surface area contributed by atoms with Gasteiger partial charge in [-0.25, -0.2) is 4.68 Å². The fraction of sp³-hybridized carbons (Fsp3) is 0.417. The number of benzene rings is 2. The summed E-state index contributed by atoms with van der Waals surface area (Å²) in [7, 11) is 0. The van der Waals surface area contributed by atoms with Crippen LogP contribution in [0.4, 0.5) is 0 Å². The number of ether oxygens (including phenoxy) is 2. The Balaban J connectivity index is 1.60. The van der Waals surface area contributed by atoms with Crippen molar-refractivity contribution in [3.8, 4) is 11.5 Å². The van der Waals surface area contributed by atoms with Crippen LogP contribution >= 0.6 is 50.1 Å². The molecule has 0 aliphatic carbocycles. The highest BCUT2D eigenvalue weighted by atomic mass is 123. The lowest BCUT2D eigenvalue weighted by Crippen LogP contribution is -2.25. The summed E-state index contributed by atoms with van der Waals surface area (Å²) < 4.78 is 14.4. The summed E-state index contributed by atoms with van der Waals surface area (Å²) >= 11 is 11.2. The zero-order valence-electron chi connectivity index (χ0n) is 19.4. The second-order valence-electron chi connectivity index (χ2n) is 8.55. The molecule has 2 aromatic carbocycles. The SMILES string of the molecule is CC(C)(c1ccc(OC[C@@H](O)Cn2nnc(CO)c2[123I])cc1)c1ccc(OC[C@@H](O)CCl)c(Br)c1. The number of rotatable bonds is 12. The molecule has 2 atom stereocenters. The first kappa shape index (κ1) is 28.1. The van der Waals surface area contributed by atoms with Crippen LogP contribution in [0.15, 0.2) is 46.9 Å². The van der Waals surface area contributed by atoms with Crippen LogP contribution in [0.5, 0.6) is 11.5 Å². The lowest BCUT2D eigenvalue weighted by Gasteiger charge is -2.27. The minimum Gasteiger partial charge on any atom is -0.491 e. The van der Waals surface area contributed by atoms with Gasteiger partial charge in [0.25, 0.3) is 0 Å². The van der Waals surface area contributed by atoms with Gasteiger partial charge in [-0.2, -0.15) is 0 Å². The Morgan fingerprint density at radius 1 is 1.06 bits per heavy atom. The Bertz CT molecular complexity index is 1110. The number of aromatic nitrogens is 3. The van der Waals surface area contributed by atoms with E-state index in [0.717, 1.165) is 15.6 Å². The normalized spacial score (nSPS) is 13.5. The van der Waals surface area contributed by atoms with E-state index >= 15 is 0 Å². The zero-order chi connectivity index (χ0) is 25.6. The zero-order valence-corrected chi connectivity index (χ0v) is 23.9. The van der Waals surface area contributed by atoms with E-state index in [1.165, 1.54) is 0 Å². The van der Waals surface area contributed by atoms with E-state index in [4.69, 9.17) is 21.1 Å². The minimum absolute atomic E-state index is 0.0972. The minimum atomic E-state index is -0.781. The molecule has 1 heterocycles. The molecule has 0 aliphatic heterocycles. The Morgan fingerprint density at radius 3 is 2.31 bits per heavy atom. The van der Waals surface area contributed by atoms with Gasteiger partial charge in [-0.15, -0.1) is 16.7 Å². The molecule has 3 rings (SSSR count). The molecule has 0 aliphatic rings. The molecule has 0 unspecified atom stereocenters. The molecule has 0 radical (unpaired) electrons. The van der Waals surface area contributed by atoms with Gasteiger partial charge >= 0.3 is 0 Å². The third-order valence-electron chi connectivity index (χ3n) is 5.55. The fourth-order valence-electron chi connectivity index (χ4n) is 3.37. The van der Waals surface area contributed by atoms with E-state index in [2.05, 4.69) is 40.1 Å². The summed E-state index contributed by atoms with van der Waals surface area (Å²) in [5.74, 6) is 1.41. The van der Waals surface area contributed by atoms with Crippen LogP contribution in [-0.2, 0) is 18.6 Å². The van der Waals surface area contributed by atoms with Crippen LogP contribution in [0.3, 0.4) is 0 Å². The Morgan fingerprint density at radius 2 is 1.71 bits per heavy atom. The van der Waals surface area contributed by atoms with Gasteiger partial charge in [0.15, 0.2) is 0 Å². The molecular weight excluding hydrogens is 649 g/mol. The van der Waals surface area contributed by atoms with Crippen LogP contribution in [0, 0.1) is 3.70 Å². The van der Waals surface area contributed by atoms with Gasteiger partial charge < -0.3 is 24.8 Å². The lowest BCUT2D eigenvalue weighted by atomic mass is 9.78. The third-order valence-corrected chi connectivity index (χ3v) is 7.71. The molecule has 0 amide bonds. The largest absolute Gasteiger partial charge is 0.491 e. The van der Waals surface area contributed by atoms with Crippen LogP contribution in [0.2, 0.25) is 0 Å². The van der Waals surface area contributed by atoms with Crippen molar-refractivity contribution in [1.29, 1.82) is 0 Å². The van der Waals surface area contributed by atoms with Gasteiger partial charge in [0.05, 0.1) is 23.5 Å². The predicted molar refractivity (Wildman–Crippen MR) is 145 cm³/mol. The number of nitrogens with zero attached hydrogens (tertiary/aromatic N) is 3. The molecule has 0 saturated heterocycles. The molecule has 1 aromatic heterocycles. The topological polar surface area (TPSA) is 110 Å². The van der Waals surface area contributed by atoms with E-state index in [1.807, 2.05) is 65.1 Å². The number of halogens is 3. The Kier molecular flexibility index (Phi) is 10.2. The van der Waals surface area contributed by atoms with Crippen LogP contribution < -0.4 is 9.47 Å². The lowest BCUT2D eigenvalue weighted by molar-refractivity contribution is 0.0881. The maximum atomic E-state index is 10.3. The molecule has 190 valence electrons. The van der Waals surface area contributed by atoms with Crippen molar-refractivity contribution in [2.45, 2.75) is 44.6 Å². The quantitative estimate of drug-likeness (QED) is 0.197. The summed E-state index contributed by atoms with van der Waals surface area (Å²) in [6, 6.07) is 13.7. The molecule has 8 nitrogen and oxygen atoms in total. The molecular formula is C24H28BrClIN3O5. The first-order chi connectivity index (χ1) is 16.6. The molecule has 3 N–H and O–H groups in total. The average Bonchev–Trinajstić information content (AvgIpc) is 3.20. The van der Waals surface area contributed by atoms with E-state index in [-0.39, 0.29) is 37.7 Å². The van der Waals surface area contributed by atoms with Gasteiger partial charge in [0.1, 0.15) is 46.3 Å². The van der Waals surface area contributed by atoms with Gasteiger partial charge in [0.2, 0.25) is 0 Å². The van der Waals surface area contributed by atoms with E-state index < -0.39 is 12.2 Å². The molecule has 0 bridgehead atoms. The molecule has 0 spiro atoms. The first-order valence-corrected chi connectivity index (χ1v) is 13.3. The van der Waals surface area contributed by atoms with Crippen LogP contribution in [0.1, 0.15) is 30.7 Å². The van der Waals surface area contributed by atoms with E-state index in [1.54, 1.807) is 4.68 Å². The molecule has 0 fully saturated rings. The fourth-order valence-corrected chi connectivity index (χ4v) is 4.52. The smallest absolute Gasteiger partial charge is 0.133 e. The highest BCUT2D eigenvalue weighted by Gasteiger charge is 2.24. The highest BCUT2D eigenvalue weighted by molar-refractivity contribution is 14.1. The molecule has 35 heavy (non-hydrogen) atoms. The van der Waals surface area contributed by atoms with Crippen molar-refractivity contribution in [2.24, 2.45) is 0 Å². The first-order valence-electron chi connectivity index (χ1n) is 10.9. The maximum Gasteiger partial charge on any atom is 0.133 e. The third kappa shape index (κ3) is 7.30. The van der Waals surface area contributed by atoms with Crippen molar-refractivity contribution in [3.05, 3.63) is 67.5 Å². The Labute approximate surface area is 231 Å². The number of hydrogen-bond acceptors (Lipinski definition) is 7. The number of aliphatic hydroxyl groups excluding tert-OH is 3. The van der Waals surface area contributed by atoms with Gasteiger partial charge in [-0.1, -0.05) is 37.3 Å². The van der Waals surface area contributed by atoms with Crippen molar-refractivity contribution in [2.75, 3.05) is 19.1 Å². The summed E-state index contributed by atoms with van der Waals surface area (Å²) in [6.07, 6.45) is -1.50. The van der Waals surface area contributed by atoms with Crippen molar-refractivity contribution in [1.82, 2.24) is 15.0 Å². The van der Waals surface area contributed by atoms with Crippen LogP contribution in [0.25, 0.3) is 0 Å². The standard InChI is InChI=1S/C24H28BrClIN3O5/c1-24(2,16-5-8-22(20(25)9-16)35-13-17(32)10-26)15-3-6-19(7-4-15)34-14-18(33)11-30-23(27)21(12-31)28-29-30/h3-9,17-18,31-33H,10-14H2,1-2H3/t17-,18-/m0/s1/i27-4. The predicted octanol–water partition coefficient (Wildman–Crippen LogP) is 3.88. The number of aliphatic hydroxyl groups is 3. The number of hydrogen-bond donors (Lipinski definition) is 3.